The minimum atomic E-state index is 0.131. The highest BCUT2D eigenvalue weighted by Crippen LogP contribution is 2.35. The van der Waals surface area contributed by atoms with Crippen molar-refractivity contribution < 1.29 is 4.79 Å². The molecule has 2 N–H and O–H groups in total. The third kappa shape index (κ3) is 3.67. The lowest BCUT2D eigenvalue weighted by Crippen LogP contribution is -2.60. The van der Waals surface area contributed by atoms with Crippen LogP contribution in [0.15, 0.2) is 6.20 Å². The van der Waals surface area contributed by atoms with Gasteiger partial charge in [0.2, 0.25) is 5.91 Å². The van der Waals surface area contributed by atoms with Crippen LogP contribution in [-0.4, -0.2) is 64.7 Å². The quantitative estimate of drug-likeness (QED) is 0.869. The number of nitrogens with one attached hydrogen (secondary N) is 2. The zero-order chi connectivity index (χ0) is 18.0. The fourth-order valence-electron chi connectivity index (χ4n) is 5.25. The lowest BCUT2D eigenvalue weighted by atomic mass is 9.84. The van der Waals surface area contributed by atoms with Crippen LogP contribution in [-0.2, 0) is 11.3 Å². The summed E-state index contributed by atoms with van der Waals surface area (Å²) in [6.45, 7) is 5.00. The first kappa shape index (κ1) is 18.0. The van der Waals surface area contributed by atoms with Gasteiger partial charge in [-0.1, -0.05) is 19.3 Å². The first-order chi connectivity index (χ1) is 12.7. The monoisotopic (exact) mass is 359 g/mol. The Morgan fingerprint density at radius 1 is 1.23 bits per heavy atom. The molecule has 6 nitrogen and oxygen atoms in total. The topological polar surface area (TPSA) is 64.3 Å². The highest BCUT2D eigenvalue weighted by Gasteiger charge is 2.41. The van der Waals surface area contributed by atoms with Crippen LogP contribution in [0.2, 0.25) is 0 Å². The van der Waals surface area contributed by atoms with E-state index in [1.807, 2.05) is 6.20 Å². The minimum Gasteiger partial charge on any atom is -0.356 e. The van der Waals surface area contributed by atoms with Crippen LogP contribution in [0, 0.1) is 0 Å². The van der Waals surface area contributed by atoms with Gasteiger partial charge in [-0.3, -0.25) is 19.7 Å². The summed E-state index contributed by atoms with van der Waals surface area (Å²) in [7, 11) is 2.23. The molecule has 0 unspecified atom stereocenters. The number of rotatable bonds is 3. The molecular weight excluding hydrogens is 326 g/mol. The van der Waals surface area contributed by atoms with Crippen LogP contribution in [0.4, 0.5) is 0 Å². The van der Waals surface area contributed by atoms with E-state index >= 15 is 0 Å². The number of aromatic amines is 1. The molecule has 1 atom stereocenters. The lowest BCUT2D eigenvalue weighted by molar-refractivity contribution is -0.121. The Hall–Kier alpha value is -1.40. The van der Waals surface area contributed by atoms with E-state index in [1.54, 1.807) is 0 Å². The fourth-order valence-corrected chi connectivity index (χ4v) is 5.25. The molecule has 1 saturated carbocycles. The van der Waals surface area contributed by atoms with Crippen molar-refractivity contribution in [2.24, 2.45) is 0 Å². The van der Waals surface area contributed by atoms with Gasteiger partial charge in [0.15, 0.2) is 0 Å². The zero-order valence-corrected chi connectivity index (χ0v) is 16.1. The largest absolute Gasteiger partial charge is 0.356 e. The fraction of sp³-hybridized carbons (Fsp3) is 0.800. The number of carbonyl (C=O) groups is 1. The Morgan fingerprint density at radius 2 is 2.08 bits per heavy atom. The second-order valence-electron chi connectivity index (χ2n) is 8.60. The van der Waals surface area contributed by atoms with E-state index in [0.29, 0.717) is 12.3 Å². The third-order valence-corrected chi connectivity index (χ3v) is 6.97. The molecule has 144 valence electrons. The van der Waals surface area contributed by atoms with E-state index in [-0.39, 0.29) is 11.4 Å². The van der Waals surface area contributed by atoms with Crippen molar-refractivity contribution in [1.29, 1.82) is 0 Å². The maximum absolute atomic E-state index is 11.8. The van der Waals surface area contributed by atoms with E-state index in [2.05, 4.69) is 32.4 Å². The van der Waals surface area contributed by atoms with Gasteiger partial charge in [0.1, 0.15) is 0 Å². The number of carbonyl (C=O) groups excluding carboxylic acids is 1. The molecule has 1 aromatic heterocycles. The van der Waals surface area contributed by atoms with Crippen LogP contribution in [0.3, 0.4) is 0 Å². The molecule has 6 heteroatoms. The summed E-state index contributed by atoms with van der Waals surface area (Å²) in [6.07, 6.45) is 11.4. The Bertz CT molecular complexity index is 623. The van der Waals surface area contributed by atoms with E-state index in [9.17, 15) is 4.79 Å². The summed E-state index contributed by atoms with van der Waals surface area (Å²) < 4.78 is 0. The third-order valence-electron chi connectivity index (χ3n) is 6.97. The molecule has 26 heavy (non-hydrogen) atoms. The van der Waals surface area contributed by atoms with Crippen LogP contribution in [0.25, 0.3) is 0 Å². The molecule has 1 aliphatic carbocycles. The summed E-state index contributed by atoms with van der Waals surface area (Å²) in [5, 5.41) is 10.8. The van der Waals surface area contributed by atoms with Crippen molar-refractivity contribution >= 4 is 5.91 Å². The summed E-state index contributed by atoms with van der Waals surface area (Å²) >= 11 is 0. The Labute approximate surface area is 156 Å². The smallest absolute Gasteiger partial charge is 0.220 e. The molecule has 1 spiro atoms. The van der Waals surface area contributed by atoms with Crippen LogP contribution < -0.4 is 5.32 Å². The van der Waals surface area contributed by atoms with Crippen molar-refractivity contribution in [3.8, 4) is 0 Å². The maximum atomic E-state index is 11.8. The molecule has 3 fully saturated rings. The van der Waals surface area contributed by atoms with Gasteiger partial charge >= 0.3 is 0 Å². The van der Waals surface area contributed by atoms with Gasteiger partial charge in [0.05, 0.1) is 6.20 Å². The predicted octanol–water partition coefficient (Wildman–Crippen LogP) is 2.24. The standard InChI is InChI=1S/C20H33N5O/c1-24-11-12-25(15-20(24)8-7-18(26)21-10-9-20)14-17-13-22-23-19(17)16-5-3-2-4-6-16/h13,16H,2-12,14-15H2,1H3,(H,21,26)(H,22,23)/t20-/m1/s1. The molecule has 2 aliphatic heterocycles. The molecule has 1 amide bonds. The van der Waals surface area contributed by atoms with Crippen molar-refractivity contribution in [2.45, 2.75) is 69.4 Å². The SMILES string of the molecule is CN1CCN(Cc2cn[nH]c2C2CCCCC2)C[C@@]12CCNC(=O)CC2. The lowest BCUT2D eigenvalue weighted by Gasteiger charge is -2.49. The van der Waals surface area contributed by atoms with Gasteiger partial charge in [-0.25, -0.2) is 0 Å². The van der Waals surface area contributed by atoms with Crippen LogP contribution >= 0.6 is 0 Å². The second kappa shape index (κ2) is 7.69. The van der Waals surface area contributed by atoms with Gasteiger partial charge < -0.3 is 5.32 Å². The predicted molar refractivity (Wildman–Crippen MR) is 102 cm³/mol. The number of nitrogens with zero attached hydrogens (tertiary/aromatic N) is 3. The Kier molecular flexibility index (Phi) is 5.32. The number of likely N-dealkylation sites (N-methyl/N-ethyl adjacent to an activating group) is 1. The van der Waals surface area contributed by atoms with Crippen molar-refractivity contribution in [2.75, 3.05) is 33.2 Å². The highest BCUT2D eigenvalue weighted by molar-refractivity contribution is 5.76. The Morgan fingerprint density at radius 3 is 2.92 bits per heavy atom. The number of hydrogen-bond donors (Lipinski definition) is 2. The first-order valence-corrected chi connectivity index (χ1v) is 10.4. The zero-order valence-electron chi connectivity index (χ0n) is 16.1. The Balaban J connectivity index is 1.46. The van der Waals surface area contributed by atoms with Crippen molar-refractivity contribution in [3.63, 3.8) is 0 Å². The van der Waals surface area contributed by atoms with Gasteiger partial charge in [-0.15, -0.1) is 0 Å². The molecule has 3 heterocycles. The van der Waals surface area contributed by atoms with Crippen LogP contribution in [0.1, 0.15) is 68.5 Å². The van der Waals surface area contributed by atoms with Gasteiger partial charge in [0.25, 0.3) is 0 Å². The van der Waals surface area contributed by atoms with Gasteiger partial charge in [-0.05, 0) is 32.7 Å². The number of H-pyrrole nitrogens is 1. The average molecular weight is 360 g/mol. The molecule has 0 radical (unpaired) electrons. The van der Waals surface area contributed by atoms with Crippen molar-refractivity contribution in [3.05, 3.63) is 17.5 Å². The number of hydrogen-bond acceptors (Lipinski definition) is 4. The van der Waals surface area contributed by atoms with E-state index in [1.165, 1.54) is 43.4 Å². The second-order valence-corrected chi connectivity index (χ2v) is 8.60. The summed E-state index contributed by atoms with van der Waals surface area (Å²) in [6, 6.07) is 0. The van der Waals surface area contributed by atoms with E-state index in [0.717, 1.165) is 45.6 Å². The number of piperazine rings is 1. The molecule has 0 aromatic carbocycles. The summed E-state index contributed by atoms with van der Waals surface area (Å²) in [4.78, 5) is 16.9. The number of amides is 1. The van der Waals surface area contributed by atoms with Gasteiger partial charge in [0, 0.05) is 61.9 Å². The molecule has 3 aliphatic rings. The maximum Gasteiger partial charge on any atom is 0.220 e. The average Bonchev–Trinajstić information content (AvgIpc) is 3.03. The molecule has 4 rings (SSSR count). The summed E-state index contributed by atoms with van der Waals surface area (Å²) in [5.41, 5.74) is 2.90. The van der Waals surface area contributed by atoms with Crippen molar-refractivity contribution in [1.82, 2.24) is 25.3 Å². The number of aromatic nitrogens is 2. The first-order valence-electron chi connectivity index (χ1n) is 10.4. The van der Waals surface area contributed by atoms with Crippen LogP contribution in [0.5, 0.6) is 0 Å². The van der Waals surface area contributed by atoms with E-state index in [4.69, 9.17) is 0 Å². The normalized spacial score (nSPS) is 29.7. The molecular formula is C20H33N5O. The molecule has 1 aromatic rings. The highest BCUT2D eigenvalue weighted by atomic mass is 16.1. The van der Waals surface area contributed by atoms with E-state index < -0.39 is 0 Å². The molecule has 0 bridgehead atoms. The summed E-state index contributed by atoms with van der Waals surface area (Å²) in [5.74, 6) is 0.879. The van der Waals surface area contributed by atoms with Gasteiger partial charge in [-0.2, -0.15) is 5.10 Å². The molecule has 2 saturated heterocycles. The minimum absolute atomic E-state index is 0.131.